The van der Waals surface area contributed by atoms with Crippen LogP contribution in [0.15, 0.2) is 10.7 Å². The van der Waals surface area contributed by atoms with Crippen LogP contribution in [0.4, 0.5) is 0 Å². The molecule has 0 atom stereocenters. The molecule has 0 radical (unpaired) electrons. The van der Waals surface area contributed by atoms with E-state index >= 15 is 0 Å². The first-order valence-electron chi connectivity index (χ1n) is 4.49. The smallest absolute Gasteiger partial charge is 0.104 e. The highest BCUT2D eigenvalue weighted by molar-refractivity contribution is 9.10. The Morgan fingerprint density at radius 2 is 2.17 bits per heavy atom. The molecule has 2 rings (SSSR count). The van der Waals surface area contributed by atoms with Crippen molar-refractivity contribution in [3.8, 4) is 0 Å². The number of aryl methyl sites for hydroxylation is 1. The predicted molar refractivity (Wildman–Crippen MR) is 52.2 cm³/mol. The molecule has 66 valence electrons. The van der Waals surface area contributed by atoms with Crippen LogP contribution in [0.2, 0.25) is 0 Å². The maximum atomic E-state index is 4.46. The van der Waals surface area contributed by atoms with Gasteiger partial charge in [-0.15, -0.1) is 0 Å². The van der Waals surface area contributed by atoms with Gasteiger partial charge in [-0.25, -0.2) is 0 Å². The molecule has 1 aliphatic rings. The van der Waals surface area contributed by atoms with Crippen molar-refractivity contribution in [3.05, 3.63) is 16.4 Å². The molecule has 3 heteroatoms. The average molecular weight is 229 g/mol. The van der Waals surface area contributed by atoms with Gasteiger partial charge in [0.25, 0.3) is 0 Å². The molecule has 1 aromatic heterocycles. The fourth-order valence-corrected chi connectivity index (χ4v) is 2.59. The van der Waals surface area contributed by atoms with Crippen LogP contribution >= 0.6 is 15.9 Å². The lowest BCUT2D eigenvalue weighted by Gasteiger charge is -2.10. The summed E-state index contributed by atoms with van der Waals surface area (Å²) in [5.41, 5.74) is 1.11. The molecule has 0 aliphatic heterocycles. The lowest BCUT2D eigenvalue weighted by Crippen LogP contribution is -2.06. The summed E-state index contributed by atoms with van der Waals surface area (Å²) in [4.78, 5) is 0. The standard InChI is InChI=1S/C9H13BrN2/c1-7-6-9(10)12(11-7)8-4-2-3-5-8/h6,8H,2-5H2,1H3. The first-order valence-corrected chi connectivity index (χ1v) is 5.28. The fraction of sp³-hybridized carbons (Fsp3) is 0.667. The maximum absolute atomic E-state index is 4.46. The number of hydrogen-bond acceptors (Lipinski definition) is 1. The van der Waals surface area contributed by atoms with Crippen LogP contribution in [0.1, 0.15) is 37.4 Å². The maximum Gasteiger partial charge on any atom is 0.104 e. The monoisotopic (exact) mass is 228 g/mol. The van der Waals surface area contributed by atoms with Gasteiger partial charge in [0.15, 0.2) is 0 Å². The molecule has 1 aromatic rings. The summed E-state index contributed by atoms with van der Waals surface area (Å²) in [5, 5.41) is 4.46. The molecule has 0 aromatic carbocycles. The van der Waals surface area contributed by atoms with E-state index in [0.717, 1.165) is 10.3 Å². The van der Waals surface area contributed by atoms with Gasteiger partial charge < -0.3 is 0 Å². The zero-order valence-corrected chi connectivity index (χ0v) is 8.84. The van der Waals surface area contributed by atoms with E-state index in [4.69, 9.17) is 0 Å². The third kappa shape index (κ3) is 1.42. The molecule has 0 N–H and O–H groups in total. The summed E-state index contributed by atoms with van der Waals surface area (Å²) >= 11 is 3.53. The van der Waals surface area contributed by atoms with E-state index < -0.39 is 0 Å². The third-order valence-corrected chi connectivity index (χ3v) is 3.08. The Morgan fingerprint density at radius 3 is 2.67 bits per heavy atom. The summed E-state index contributed by atoms with van der Waals surface area (Å²) in [5.74, 6) is 0. The normalized spacial score (nSPS) is 18.8. The van der Waals surface area contributed by atoms with Crippen LogP contribution in [-0.4, -0.2) is 9.78 Å². The van der Waals surface area contributed by atoms with E-state index in [-0.39, 0.29) is 0 Å². The molecular formula is C9H13BrN2. The molecule has 0 unspecified atom stereocenters. The van der Waals surface area contributed by atoms with Crippen LogP contribution in [-0.2, 0) is 0 Å². The second-order valence-electron chi connectivity index (χ2n) is 3.49. The van der Waals surface area contributed by atoms with Crippen LogP contribution in [0.25, 0.3) is 0 Å². The highest BCUT2D eigenvalue weighted by Crippen LogP contribution is 2.31. The second-order valence-corrected chi connectivity index (χ2v) is 4.30. The van der Waals surface area contributed by atoms with Crippen molar-refractivity contribution in [1.29, 1.82) is 0 Å². The quantitative estimate of drug-likeness (QED) is 0.723. The van der Waals surface area contributed by atoms with Crippen LogP contribution in [0.5, 0.6) is 0 Å². The Morgan fingerprint density at radius 1 is 1.50 bits per heavy atom. The first-order chi connectivity index (χ1) is 5.77. The minimum atomic E-state index is 0.646. The molecule has 0 saturated heterocycles. The van der Waals surface area contributed by atoms with E-state index in [2.05, 4.69) is 31.8 Å². The fourth-order valence-electron chi connectivity index (χ4n) is 1.89. The van der Waals surface area contributed by atoms with Crippen LogP contribution < -0.4 is 0 Å². The first kappa shape index (κ1) is 8.30. The lowest BCUT2D eigenvalue weighted by molar-refractivity contribution is 0.456. The Bertz CT molecular complexity index is 274. The van der Waals surface area contributed by atoms with Crippen molar-refractivity contribution in [2.24, 2.45) is 0 Å². The average Bonchev–Trinajstić information content (AvgIpc) is 2.58. The molecule has 12 heavy (non-hydrogen) atoms. The Kier molecular flexibility index (Phi) is 2.22. The summed E-state index contributed by atoms with van der Waals surface area (Å²) in [6.07, 6.45) is 5.30. The van der Waals surface area contributed by atoms with Crippen LogP contribution in [0.3, 0.4) is 0 Å². The molecule has 1 fully saturated rings. The van der Waals surface area contributed by atoms with Gasteiger partial charge in [-0.1, -0.05) is 12.8 Å². The molecule has 2 nitrogen and oxygen atoms in total. The zero-order chi connectivity index (χ0) is 8.55. The van der Waals surface area contributed by atoms with E-state index in [1.54, 1.807) is 0 Å². The van der Waals surface area contributed by atoms with Gasteiger partial charge in [-0.05, 0) is 41.8 Å². The number of halogens is 1. The molecule has 0 spiro atoms. The van der Waals surface area contributed by atoms with Crippen molar-refractivity contribution < 1.29 is 0 Å². The number of hydrogen-bond donors (Lipinski definition) is 0. The third-order valence-electron chi connectivity index (χ3n) is 2.48. The van der Waals surface area contributed by atoms with Gasteiger partial charge in [0, 0.05) is 0 Å². The minimum absolute atomic E-state index is 0.646. The largest absolute Gasteiger partial charge is 0.255 e. The van der Waals surface area contributed by atoms with Gasteiger partial charge in [-0.3, -0.25) is 4.68 Å². The predicted octanol–water partition coefficient (Wildman–Crippen LogP) is 3.07. The number of rotatable bonds is 1. The van der Waals surface area contributed by atoms with Crippen molar-refractivity contribution in [3.63, 3.8) is 0 Å². The minimum Gasteiger partial charge on any atom is -0.255 e. The second kappa shape index (κ2) is 3.21. The van der Waals surface area contributed by atoms with Gasteiger partial charge >= 0.3 is 0 Å². The molecule has 0 bridgehead atoms. The summed E-state index contributed by atoms with van der Waals surface area (Å²) in [6, 6.07) is 2.73. The summed E-state index contributed by atoms with van der Waals surface area (Å²) < 4.78 is 3.26. The van der Waals surface area contributed by atoms with Gasteiger partial charge in [-0.2, -0.15) is 5.10 Å². The topological polar surface area (TPSA) is 17.8 Å². The summed E-state index contributed by atoms with van der Waals surface area (Å²) in [7, 11) is 0. The SMILES string of the molecule is Cc1cc(Br)n(C2CCCC2)n1. The molecule has 1 saturated carbocycles. The van der Waals surface area contributed by atoms with Gasteiger partial charge in [0.05, 0.1) is 11.7 Å². The number of nitrogens with zero attached hydrogens (tertiary/aromatic N) is 2. The summed E-state index contributed by atoms with van der Waals surface area (Å²) in [6.45, 7) is 2.04. The number of aromatic nitrogens is 2. The zero-order valence-electron chi connectivity index (χ0n) is 7.26. The van der Waals surface area contributed by atoms with Crippen molar-refractivity contribution >= 4 is 15.9 Å². The molecule has 0 amide bonds. The Hall–Kier alpha value is -0.310. The van der Waals surface area contributed by atoms with Crippen molar-refractivity contribution in [2.75, 3.05) is 0 Å². The van der Waals surface area contributed by atoms with Gasteiger partial charge in [0.2, 0.25) is 0 Å². The van der Waals surface area contributed by atoms with Gasteiger partial charge in [0.1, 0.15) is 4.60 Å². The lowest BCUT2D eigenvalue weighted by atomic mass is 10.3. The van der Waals surface area contributed by atoms with Crippen molar-refractivity contribution in [1.82, 2.24) is 9.78 Å². The van der Waals surface area contributed by atoms with E-state index in [1.807, 2.05) is 6.92 Å². The highest BCUT2D eigenvalue weighted by atomic mass is 79.9. The highest BCUT2D eigenvalue weighted by Gasteiger charge is 2.19. The Labute approximate surface area is 81.1 Å². The van der Waals surface area contributed by atoms with E-state index in [9.17, 15) is 0 Å². The Balaban J connectivity index is 2.25. The molecule has 1 heterocycles. The van der Waals surface area contributed by atoms with E-state index in [1.165, 1.54) is 25.7 Å². The van der Waals surface area contributed by atoms with E-state index in [0.29, 0.717) is 6.04 Å². The molecular weight excluding hydrogens is 216 g/mol. The van der Waals surface area contributed by atoms with Crippen LogP contribution in [0, 0.1) is 6.92 Å². The molecule has 1 aliphatic carbocycles. The van der Waals surface area contributed by atoms with Crippen molar-refractivity contribution in [2.45, 2.75) is 38.6 Å².